The van der Waals surface area contributed by atoms with Crippen molar-refractivity contribution in [1.29, 1.82) is 0 Å². The predicted octanol–water partition coefficient (Wildman–Crippen LogP) is 2.66. The Morgan fingerprint density at radius 3 is 2.88 bits per heavy atom. The molecule has 0 saturated carbocycles. The Morgan fingerprint density at radius 1 is 1.32 bits per heavy atom. The van der Waals surface area contributed by atoms with Gasteiger partial charge in [0.1, 0.15) is 0 Å². The third-order valence-corrected chi connectivity index (χ3v) is 5.06. The lowest BCUT2D eigenvalue weighted by Crippen LogP contribution is -2.41. The van der Waals surface area contributed by atoms with Crippen LogP contribution in [-0.2, 0) is 17.8 Å². The number of benzene rings is 1. The zero-order valence-electron chi connectivity index (χ0n) is 15.5. The van der Waals surface area contributed by atoms with E-state index in [1.54, 1.807) is 0 Å². The number of amides is 1. The molecule has 1 aliphatic rings. The van der Waals surface area contributed by atoms with Crippen LogP contribution >= 0.6 is 0 Å². The molecule has 0 unspecified atom stereocenters. The molecule has 2 aromatic rings. The molecular weight excluding hydrogens is 312 g/mol. The van der Waals surface area contributed by atoms with Crippen molar-refractivity contribution in [3.05, 3.63) is 53.6 Å². The number of aromatic nitrogens is 2. The van der Waals surface area contributed by atoms with Crippen LogP contribution in [0.2, 0.25) is 0 Å². The fourth-order valence-electron chi connectivity index (χ4n) is 3.50. The standard InChI is InChI=1S/C20H28N4O/c1-16-6-4-5-7-17(16)8-9-20(25)23-13-18(10-11-22(2)3)24-15-21-12-19(24)14-23/h4-7,12,15,18H,8-11,13-14H2,1-3H3/t18-/m1/s1. The molecule has 0 radical (unpaired) electrons. The summed E-state index contributed by atoms with van der Waals surface area (Å²) in [4.78, 5) is 21.3. The quantitative estimate of drug-likeness (QED) is 0.812. The highest BCUT2D eigenvalue weighted by molar-refractivity contribution is 5.76. The molecule has 25 heavy (non-hydrogen) atoms. The van der Waals surface area contributed by atoms with Crippen LogP contribution in [0.3, 0.4) is 0 Å². The average Bonchev–Trinajstić information content (AvgIpc) is 3.07. The van der Waals surface area contributed by atoms with Gasteiger partial charge in [-0.3, -0.25) is 4.79 Å². The summed E-state index contributed by atoms with van der Waals surface area (Å²) in [5, 5.41) is 0. The molecular formula is C20H28N4O. The van der Waals surface area contributed by atoms with Gasteiger partial charge in [-0.1, -0.05) is 24.3 Å². The molecule has 134 valence electrons. The van der Waals surface area contributed by atoms with E-state index < -0.39 is 0 Å². The summed E-state index contributed by atoms with van der Waals surface area (Å²) in [6.07, 6.45) is 6.20. The molecule has 1 amide bonds. The lowest BCUT2D eigenvalue weighted by Gasteiger charge is -2.35. The Bertz CT molecular complexity index is 722. The summed E-state index contributed by atoms with van der Waals surface area (Å²) in [6, 6.07) is 8.63. The normalized spacial score (nSPS) is 17.0. The van der Waals surface area contributed by atoms with E-state index in [2.05, 4.69) is 47.6 Å². The summed E-state index contributed by atoms with van der Waals surface area (Å²) >= 11 is 0. The summed E-state index contributed by atoms with van der Waals surface area (Å²) in [6.45, 7) is 4.57. The number of carbonyl (C=O) groups excluding carboxylic acids is 1. The molecule has 5 nitrogen and oxygen atoms in total. The van der Waals surface area contributed by atoms with E-state index in [1.165, 1.54) is 11.1 Å². The maximum atomic E-state index is 12.8. The molecule has 0 aliphatic carbocycles. The highest BCUT2D eigenvalue weighted by Gasteiger charge is 2.27. The van der Waals surface area contributed by atoms with Crippen molar-refractivity contribution in [2.24, 2.45) is 0 Å². The van der Waals surface area contributed by atoms with Gasteiger partial charge in [-0.2, -0.15) is 0 Å². The van der Waals surface area contributed by atoms with E-state index in [9.17, 15) is 4.79 Å². The fourth-order valence-corrected chi connectivity index (χ4v) is 3.50. The summed E-state index contributed by atoms with van der Waals surface area (Å²) < 4.78 is 2.24. The fraction of sp³-hybridized carbons (Fsp3) is 0.500. The van der Waals surface area contributed by atoms with Gasteiger partial charge in [0.05, 0.1) is 24.6 Å². The second kappa shape index (κ2) is 7.83. The van der Waals surface area contributed by atoms with Gasteiger partial charge in [-0.15, -0.1) is 0 Å². The zero-order chi connectivity index (χ0) is 17.8. The molecule has 0 bridgehead atoms. The van der Waals surface area contributed by atoms with Crippen LogP contribution in [0.25, 0.3) is 0 Å². The number of fused-ring (bicyclic) bond motifs is 1. The Kier molecular flexibility index (Phi) is 5.53. The third-order valence-electron chi connectivity index (χ3n) is 5.06. The van der Waals surface area contributed by atoms with Crippen molar-refractivity contribution in [2.45, 2.75) is 38.8 Å². The number of imidazole rings is 1. The highest BCUT2D eigenvalue weighted by atomic mass is 16.2. The van der Waals surface area contributed by atoms with Gasteiger partial charge in [0, 0.05) is 19.2 Å². The lowest BCUT2D eigenvalue weighted by atomic mass is 10.0. The van der Waals surface area contributed by atoms with Crippen LogP contribution in [0, 0.1) is 6.92 Å². The first kappa shape index (κ1) is 17.7. The predicted molar refractivity (Wildman–Crippen MR) is 99.4 cm³/mol. The van der Waals surface area contributed by atoms with Crippen LogP contribution in [0.4, 0.5) is 0 Å². The summed E-state index contributed by atoms with van der Waals surface area (Å²) in [7, 11) is 4.17. The highest BCUT2D eigenvalue weighted by Crippen LogP contribution is 2.24. The van der Waals surface area contributed by atoms with Crippen molar-refractivity contribution in [3.8, 4) is 0 Å². The monoisotopic (exact) mass is 340 g/mol. The number of hydrogen-bond acceptors (Lipinski definition) is 3. The Morgan fingerprint density at radius 2 is 2.12 bits per heavy atom. The molecule has 1 atom stereocenters. The Balaban J connectivity index is 1.64. The first-order valence-electron chi connectivity index (χ1n) is 9.02. The van der Waals surface area contributed by atoms with Gasteiger partial charge in [0.2, 0.25) is 5.91 Å². The second-order valence-corrected chi connectivity index (χ2v) is 7.24. The van der Waals surface area contributed by atoms with Crippen LogP contribution in [-0.4, -0.2) is 52.4 Å². The van der Waals surface area contributed by atoms with Gasteiger partial charge in [0.15, 0.2) is 0 Å². The number of rotatable bonds is 6. The van der Waals surface area contributed by atoms with E-state index in [0.29, 0.717) is 19.0 Å². The minimum Gasteiger partial charge on any atom is -0.335 e. The molecule has 1 aliphatic heterocycles. The molecule has 1 aromatic heterocycles. The van der Waals surface area contributed by atoms with E-state index in [1.807, 2.05) is 29.6 Å². The molecule has 1 aromatic carbocycles. The average molecular weight is 340 g/mol. The third kappa shape index (κ3) is 4.28. The Labute approximate surface area is 150 Å². The number of hydrogen-bond donors (Lipinski definition) is 0. The second-order valence-electron chi connectivity index (χ2n) is 7.24. The van der Waals surface area contributed by atoms with Crippen LogP contribution < -0.4 is 0 Å². The number of carbonyl (C=O) groups is 1. The van der Waals surface area contributed by atoms with Crippen molar-refractivity contribution < 1.29 is 4.79 Å². The SMILES string of the molecule is Cc1ccccc1CCC(=O)N1Cc2cncn2[C@H](CCN(C)C)C1. The van der Waals surface area contributed by atoms with Gasteiger partial charge in [-0.05, 0) is 51.5 Å². The molecule has 3 rings (SSSR count). The van der Waals surface area contributed by atoms with Crippen molar-refractivity contribution in [1.82, 2.24) is 19.4 Å². The zero-order valence-corrected chi connectivity index (χ0v) is 15.5. The van der Waals surface area contributed by atoms with E-state index in [0.717, 1.165) is 31.6 Å². The first-order chi connectivity index (χ1) is 12.0. The topological polar surface area (TPSA) is 41.4 Å². The molecule has 0 N–H and O–H groups in total. The maximum Gasteiger partial charge on any atom is 0.223 e. The van der Waals surface area contributed by atoms with Crippen LogP contribution in [0.15, 0.2) is 36.8 Å². The van der Waals surface area contributed by atoms with E-state index >= 15 is 0 Å². The maximum absolute atomic E-state index is 12.8. The van der Waals surface area contributed by atoms with Crippen LogP contribution in [0.1, 0.15) is 35.7 Å². The molecule has 5 heteroatoms. The van der Waals surface area contributed by atoms with E-state index in [-0.39, 0.29) is 5.91 Å². The summed E-state index contributed by atoms with van der Waals surface area (Å²) in [5.41, 5.74) is 3.66. The summed E-state index contributed by atoms with van der Waals surface area (Å²) in [5.74, 6) is 0.241. The molecule has 0 spiro atoms. The van der Waals surface area contributed by atoms with Gasteiger partial charge >= 0.3 is 0 Å². The minimum absolute atomic E-state index is 0.241. The van der Waals surface area contributed by atoms with Crippen molar-refractivity contribution in [3.63, 3.8) is 0 Å². The largest absolute Gasteiger partial charge is 0.335 e. The Hall–Kier alpha value is -2.14. The van der Waals surface area contributed by atoms with Gasteiger partial charge in [0.25, 0.3) is 0 Å². The van der Waals surface area contributed by atoms with Gasteiger partial charge in [-0.25, -0.2) is 4.98 Å². The lowest BCUT2D eigenvalue weighted by molar-refractivity contribution is -0.133. The smallest absolute Gasteiger partial charge is 0.223 e. The van der Waals surface area contributed by atoms with Gasteiger partial charge < -0.3 is 14.4 Å². The number of aryl methyl sites for hydroxylation is 2. The van der Waals surface area contributed by atoms with Crippen LogP contribution in [0.5, 0.6) is 0 Å². The molecule has 0 saturated heterocycles. The minimum atomic E-state index is 0.241. The molecule has 0 fully saturated rings. The first-order valence-corrected chi connectivity index (χ1v) is 9.02. The van der Waals surface area contributed by atoms with E-state index in [4.69, 9.17) is 0 Å². The number of nitrogens with zero attached hydrogens (tertiary/aromatic N) is 4. The van der Waals surface area contributed by atoms with Crippen molar-refractivity contribution in [2.75, 3.05) is 27.2 Å². The molecule has 2 heterocycles. The van der Waals surface area contributed by atoms with Crippen molar-refractivity contribution >= 4 is 5.91 Å².